The quantitative estimate of drug-likeness (QED) is 0.245. The lowest BCUT2D eigenvalue weighted by Crippen LogP contribution is -2.13. The van der Waals surface area contributed by atoms with E-state index in [4.69, 9.17) is 14.9 Å². The van der Waals surface area contributed by atoms with Gasteiger partial charge in [0.15, 0.2) is 0 Å². The van der Waals surface area contributed by atoms with Crippen molar-refractivity contribution in [3.8, 4) is 5.75 Å². The summed E-state index contributed by atoms with van der Waals surface area (Å²) in [5, 5.41) is 21.0. The molecule has 0 aliphatic heterocycles. The minimum absolute atomic E-state index is 0.0219. The average Bonchev–Trinajstić information content (AvgIpc) is 2.88. The van der Waals surface area contributed by atoms with Gasteiger partial charge < -0.3 is 20.3 Å². The fraction of sp³-hybridized carbons (Fsp3) is 0.276. The zero-order valence-corrected chi connectivity index (χ0v) is 20.1. The van der Waals surface area contributed by atoms with E-state index in [0.29, 0.717) is 23.6 Å². The lowest BCUT2D eigenvalue weighted by atomic mass is 10.1. The standard InChI is InChI=1S/C29H31NO6/c31-27(32)17-14-22-20-25(30-28(33)23-12-8-13-24(19-23)29(34)35)15-16-26(22)36-18-7-2-1-4-9-21-10-5-3-6-11-21/h3,5-6,8,10-13,15-16,19-20H,1-2,4,7,9,14,17-18H2,(H,30,33)(H,31,32)(H,34,35). The monoisotopic (exact) mass is 489 g/mol. The normalized spacial score (nSPS) is 10.6. The molecular formula is C29H31NO6. The van der Waals surface area contributed by atoms with Crippen molar-refractivity contribution >= 4 is 23.5 Å². The van der Waals surface area contributed by atoms with Gasteiger partial charge in [0.1, 0.15) is 5.75 Å². The molecule has 3 aromatic rings. The van der Waals surface area contributed by atoms with Gasteiger partial charge >= 0.3 is 11.9 Å². The average molecular weight is 490 g/mol. The van der Waals surface area contributed by atoms with Crippen molar-refractivity contribution in [2.45, 2.75) is 44.9 Å². The number of aliphatic carboxylic acids is 1. The van der Waals surface area contributed by atoms with E-state index in [0.717, 1.165) is 32.1 Å². The summed E-state index contributed by atoms with van der Waals surface area (Å²) in [4.78, 5) is 34.9. The molecule has 3 aromatic carbocycles. The molecule has 0 atom stereocenters. The zero-order chi connectivity index (χ0) is 25.8. The van der Waals surface area contributed by atoms with Crippen LogP contribution in [0.3, 0.4) is 0 Å². The number of carbonyl (C=O) groups is 3. The molecule has 0 saturated carbocycles. The van der Waals surface area contributed by atoms with Crippen LogP contribution in [0.1, 0.15) is 63.9 Å². The smallest absolute Gasteiger partial charge is 0.335 e. The molecular weight excluding hydrogens is 458 g/mol. The SMILES string of the molecule is O=C(O)CCc1cc(NC(=O)c2cccc(C(=O)O)c2)ccc1OCCCCCCc1ccccc1. The molecule has 0 unspecified atom stereocenters. The fourth-order valence-corrected chi connectivity index (χ4v) is 3.84. The number of rotatable bonds is 14. The minimum atomic E-state index is -1.11. The van der Waals surface area contributed by atoms with Gasteiger partial charge in [-0.2, -0.15) is 0 Å². The van der Waals surface area contributed by atoms with Crippen molar-refractivity contribution in [1.29, 1.82) is 0 Å². The van der Waals surface area contributed by atoms with Crippen LogP contribution in [0.25, 0.3) is 0 Å². The van der Waals surface area contributed by atoms with E-state index in [9.17, 15) is 14.4 Å². The molecule has 0 saturated heterocycles. The Morgan fingerprint density at radius 3 is 2.25 bits per heavy atom. The molecule has 7 nitrogen and oxygen atoms in total. The third-order valence-corrected chi connectivity index (χ3v) is 5.76. The van der Waals surface area contributed by atoms with E-state index in [-0.39, 0.29) is 24.0 Å². The Morgan fingerprint density at radius 1 is 0.750 bits per heavy atom. The van der Waals surface area contributed by atoms with E-state index in [1.807, 2.05) is 6.07 Å². The van der Waals surface area contributed by atoms with E-state index >= 15 is 0 Å². The molecule has 0 aliphatic carbocycles. The first kappa shape index (κ1) is 26.5. The topological polar surface area (TPSA) is 113 Å². The number of nitrogens with one attached hydrogen (secondary N) is 1. The number of hydrogen-bond acceptors (Lipinski definition) is 4. The number of anilines is 1. The van der Waals surface area contributed by atoms with E-state index in [1.165, 1.54) is 29.8 Å². The van der Waals surface area contributed by atoms with Crippen LogP contribution in [0.15, 0.2) is 72.8 Å². The summed E-state index contributed by atoms with van der Waals surface area (Å²) in [6.45, 7) is 0.527. The molecule has 36 heavy (non-hydrogen) atoms. The maximum atomic E-state index is 12.6. The molecule has 1 amide bonds. The highest BCUT2D eigenvalue weighted by Gasteiger charge is 2.13. The second kappa shape index (κ2) is 13.7. The first-order chi connectivity index (χ1) is 17.4. The molecule has 0 spiro atoms. The molecule has 0 heterocycles. The Morgan fingerprint density at radius 2 is 1.50 bits per heavy atom. The first-order valence-electron chi connectivity index (χ1n) is 12.1. The van der Waals surface area contributed by atoms with Gasteiger partial charge in [0, 0.05) is 17.7 Å². The minimum Gasteiger partial charge on any atom is -0.493 e. The Labute approximate surface area is 210 Å². The predicted molar refractivity (Wildman–Crippen MR) is 138 cm³/mol. The van der Waals surface area contributed by atoms with Gasteiger partial charge in [-0.15, -0.1) is 0 Å². The van der Waals surface area contributed by atoms with E-state index in [1.54, 1.807) is 18.2 Å². The number of ether oxygens (including phenoxy) is 1. The second-order valence-corrected chi connectivity index (χ2v) is 8.55. The van der Waals surface area contributed by atoms with Gasteiger partial charge in [-0.05, 0) is 73.2 Å². The van der Waals surface area contributed by atoms with Gasteiger partial charge in [-0.1, -0.05) is 49.2 Å². The number of aromatic carboxylic acids is 1. The molecule has 0 bridgehead atoms. The molecule has 0 aliphatic rings. The van der Waals surface area contributed by atoms with E-state index < -0.39 is 17.8 Å². The Bertz CT molecular complexity index is 1180. The van der Waals surface area contributed by atoms with Gasteiger partial charge in [0.05, 0.1) is 12.2 Å². The van der Waals surface area contributed by atoms with Crippen LogP contribution in [0.4, 0.5) is 5.69 Å². The molecule has 3 N–H and O–H groups in total. The fourth-order valence-electron chi connectivity index (χ4n) is 3.84. The van der Waals surface area contributed by atoms with Crippen molar-refractivity contribution in [1.82, 2.24) is 0 Å². The summed E-state index contributed by atoms with van der Waals surface area (Å²) in [5.74, 6) is -1.88. The number of carbonyl (C=O) groups excluding carboxylic acids is 1. The lowest BCUT2D eigenvalue weighted by molar-refractivity contribution is -0.136. The van der Waals surface area contributed by atoms with Crippen molar-refractivity contribution < 1.29 is 29.3 Å². The number of unbranched alkanes of at least 4 members (excludes halogenated alkanes) is 3. The number of carboxylic acids is 2. The third-order valence-electron chi connectivity index (χ3n) is 5.76. The van der Waals surface area contributed by atoms with Gasteiger partial charge in [-0.25, -0.2) is 4.79 Å². The second-order valence-electron chi connectivity index (χ2n) is 8.55. The van der Waals surface area contributed by atoms with Crippen LogP contribution in [0.2, 0.25) is 0 Å². The van der Waals surface area contributed by atoms with Gasteiger partial charge in [0.25, 0.3) is 5.91 Å². The highest BCUT2D eigenvalue weighted by atomic mass is 16.5. The molecule has 0 aromatic heterocycles. The van der Waals surface area contributed by atoms with Crippen molar-refractivity contribution in [2.75, 3.05) is 11.9 Å². The van der Waals surface area contributed by atoms with E-state index in [2.05, 4.69) is 29.6 Å². The largest absolute Gasteiger partial charge is 0.493 e. The van der Waals surface area contributed by atoms with Crippen LogP contribution in [0.5, 0.6) is 5.75 Å². The van der Waals surface area contributed by atoms with Crippen LogP contribution in [-0.2, 0) is 17.6 Å². The molecule has 0 radical (unpaired) electrons. The third kappa shape index (κ3) is 8.58. The Hall–Kier alpha value is -4.13. The molecule has 7 heteroatoms. The highest BCUT2D eigenvalue weighted by molar-refractivity contribution is 6.05. The van der Waals surface area contributed by atoms with Crippen LogP contribution >= 0.6 is 0 Å². The number of amides is 1. The van der Waals surface area contributed by atoms with Crippen molar-refractivity contribution in [3.05, 3.63) is 95.1 Å². The first-order valence-corrected chi connectivity index (χ1v) is 12.1. The predicted octanol–water partition coefficient (Wildman–Crippen LogP) is 5.84. The molecule has 0 fully saturated rings. The maximum absolute atomic E-state index is 12.6. The van der Waals surface area contributed by atoms with Crippen LogP contribution in [-0.4, -0.2) is 34.7 Å². The van der Waals surface area contributed by atoms with Gasteiger partial charge in [-0.3, -0.25) is 9.59 Å². The summed E-state index contributed by atoms with van der Waals surface area (Å²) >= 11 is 0. The summed E-state index contributed by atoms with van der Waals surface area (Å²) in [6, 6.07) is 21.3. The Kier molecular flexibility index (Phi) is 10.1. The summed E-state index contributed by atoms with van der Waals surface area (Å²) in [7, 11) is 0. The van der Waals surface area contributed by atoms with Gasteiger partial charge in [0.2, 0.25) is 0 Å². The van der Waals surface area contributed by atoms with Crippen molar-refractivity contribution in [3.63, 3.8) is 0 Å². The maximum Gasteiger partial charge on any atom is 0.335 e. The number of hydrogen-bond donors (Lipinski definition) is 3. The number of aryl methyl sites for hydroxylation is 2. The molecule has 3 rings (SSSR count). The summed E-state index contributed by atoms with van der Waals surface area (Å²) in [6.07, 6.45) is 5.44. The summed E-state index contributed by atoms with van der Waals surface area (Å²) < 4.78 is 5.95. The van der Waals surface area contributed by atoms with Crippen molar-refractivity contribution in [2.24, 2.45) is 0 Å². The lowest BCUT2D eigenvalue weighted by Gasteiger charge is -2.14. The molecule has 188 valence electrons. The highest BCUT2D eigenvalue weighted by Crippen LogP contribution is 2.25. The zero-order valence-electron chi connectivity index (χ0n) is 20.1. The summed E-state index contributed by atoms with van der Waals surface area (Å²) in [5.41, 5.74) is 2.76. The number of carboxylic acid groups (broad SMARTS) is 2. The van der Waals surface area contributed by atoms with Crippen LogP contribution < -0.4 is 10.1 Å². The Balaban J connectivity index is 1.54. The number of benzene rings is 3. The van der Waals surface area contributed by atoms with Crippen LogP contribution in [0, 0.1) is 0 Å².